The second-order valence-electron chi connectivity index (χ2n) is 10.4. The van der Waals surface area contributed by atoms with Crippen LogP contribution in [0.25, 0.3) is 21.5 Å². The number of aryl methyl sites for hydroxylation is 4. The van der Waals surface area contributed by atoms with Crippen LogP contribution >= 0.6 is 0 Å². The van der Waals surface area contributed by atoms with Gasteiger partial charge in [-0.25, -0.2) is 48.5 Å². The van der Waals surface area contributed by atoms with Crippen LogP contribution in [0.5, 0.6) is 0 Å². The van der Waals surface area contributed by atoms with Crippen molar-refractivity contribution in [2.45, 2.75) is 25.7 Å². The summed E-state index contributed by atoms with van der Waals surface area (Å²) in [5.41, 5.74) is 5.96. The molecule has 0 spiro atoms. The van der Waals surface area contributed by atoms with E-state index in [4.69, 9.17) is 0 Å². The maximum Gasteiger partial charge on any atom is -0.0436 e. The van der Waals surface area contributed by atoms with Crippen molar-refractivity contribution >= 4 is 28.4 Å². The van der Waals surface area contributed by atoms with Gasteiger partial charge >= 0.3 is 64.4 Å². The molecule has 8 rings (SSSR count). The van der Waals surface area contributed by atoms with E-state index in [1.165, 1.54) is 61.6 Å². The molecule has 0 fully saturated rings. The van der Waals surface area contributed by atoms with Gasteiger partial charge in [0.25, 0.3) is 0 Å². The number of hydrogen-bond donors (Lipinski definition) is 0. The Morgan fingerprint density at radius 2 is 0.979 bits per heavy atom. The Morgan fingerprint density at radius 3 is 1.48 bits per heavy atom. The van der Waals surface area contributed by atoms with Crippen LogP contribution in [0, 0.1) is 0 Å². The summed E-state index contributed by atoms with van der Waals surface area (Å²) < 4.78 is 0. The van der Waals surface area contributed by atoms with Gasteiger partial charge in [-0.3, -0.25) is 0 Å². The molecule has 0 aliphatic carbocycles. The van der Waals surface area contributed by atoms with Gasteiger partial charge in [-0.15, -0.1) is 75.8 Å². The summed E-state index contributed by atoms with van der Waals surface area (Å²) >= 11 is 1.36. The summed E-state index contributed by atoms with van der Waals surface area (Å²) in [5, 5.41) is 5.49. The van der Waals surface area contributed by atoms with Crippen molar-refractivity contribution in [3.63, 3.8) is 0 Å². The molecule has 8 aromatic carbocycles. The number of fused-ring (bicyclic) bond motifs is 2. The minimum absolute atomic E-state index is 0. The first-order valence-corrected chi connectivity index (χ1v) is 19.3. The van der Waals surface area contributed by atoms with E-state index < -0.39 is 0 Å². The zero-order valence-electron chi connectivity index (χ0n) is 26.6. The summed E-state index contributed by atoms with van der Waals surface area (Å²) in [6, 6.07) is 63.4. The second-order valence-corrected chi connectivity index (χ2v) is 10.4. The Balaban J connectivity index is 0.000000729. The summed E-state index contributed by atoms with van der Waals surface area (Å²) in [6.45, 7) is 3.06. The first-order chi connectivity index (χ1) is 21.9. The van der Waals surface area contributed by atoms with E-state index in [0.717, 1.165) is 25.7 Å². The molecule has 0 aromatic heterocycles. The maximum atomic E-state index is 3.06. The molecule has 0 bridgehead atoms. The quantitative estimate of drug-likeness (QED) is 0.171. The van der Waals surface area contributed by atoms with Crippen molar-refractivity contribution in [3.05, 3.63) is 204 Å². The topological polar surface area (TPSA) is 0 Å². The third-order valence-corrected chi connectivity index (χ3v) is 7.47. The van der Waals surface area contributed by atoms with Crippen LogP contribution in [0.2, 0.25) is 0 Å². The van der Waals surface area contributed by atoms with Crippen molar-refractivity contribution in [2.75, 3.05) is 0 Å². The smallest absolute Gasteiger partial charge is 0.0436 e. The van der Waals surface area contributed by atoms with Gasteiger partial charge < -0.3 is 24.8 Å². The minimum atomic E-state index is 0. The molecule has 8 aromatic rings. The molecule has 0 atom stereocenters. The van der Waals surface area contributed by atoms with E-state index in [1.54, 1.807) is 5.56 Å². The predicted molar refractivity (Wildman–Crippen MR) is 188 cm³/mol. The van der Waals surface area contributed by atoms with E-state index in [0.29, 0.717) is 0 Å². The molecule has 0 aliphatic heterocycles. The fraction of sp³-hybridized carbons (Fsp3) is 0.0952. The van der Waals surface area contributed by atoms with Crippen molar-refractivity contribution in [1.82, 2.24) is 0 Å². The average molecular weight is 845 g/mol. The molecule has 48 heavy (non-hydrogen) atoms. The molecular formula is C42H38Cl2Fe2SiZr-2. The molecule has 0 unspecified atom stereocenters. The van der Waals surface area contributed by atoms with Crippen molar-refractivity contribution in [3.8, 4) is 0 Å². The largest absolute Gasteiger partial charge is 0.214 e. The maximum absolute atomic E-state index is 3.06. The van der Waals surface area contributed by atoms with Gasteiger partial charge in [0.1, 0.15) is 0 Å². The van der Waals surface area contributed by atoms with Crippen LogP contribution < -0.4 is 24.8 Å². The van der Waals surface area contributed by atoms with E-state index in [2.05, 4.69) is 128 Å². The van der Waals surface area contributed by atoms with Crippen LogP contribution in [0.15, 0.2) is 182 Å². The third kappa shape index (κ3) is 15.6. The number of hydrogen-bond acceptors (Lipinski definition) is 0. The molecule has 0 amide bonds. The Hall–Kier alpha value is -2.22. The zero-order valence-corrected chi connectivity index (χ0v) is 33.8. The van der Waals surface area contributed by atoms with E-state index in [1.807, 2.05) is 60.7 Å². The number of halogens is 2. The van der Waals surface area contributed by atoms with E-state index in [9.17, 15) is 0 Å². The van der Waals surface area contributed by atoms with Gasteiger partial charge in [0.05, 0.1) is 0 Å². The minimum Gasteiger partial charge on any atom is -0.214 e. The molecule has 0 heterocycles. The molecule has 0 nitrogen and oxygen atoms in total. The normalized spacial score (nSPS) is 9.12. The molecule has 0 aliphatic rings. The van der Waals surface area contributed by atoms with Gasteiger partial charge in [0, 0.05) is 0 Å². The fourth-order valence-electron chi connectivity index (χ4n) is 5.28. The zero-order chi connectivity index (χ0) is 30.7. The number of rotatable bonds is 6. The fourth-order valence-corrected chi connectivity index (χ4v) is 5.28. The molecule has 6 heteroatoms. The molecule has 0 saturated heterocycles. The van der Waals surface area contributed by atoms with Crippen LogP contribution in [-0.4, -0.2) is 6.88 Å². The van der Waals surface area contributed by atoms with Gasteiger partial charge in [0.15, 0.2) is 0 Å². The first kappa shape index (κ1) is 45.8. The van der Waals surface area contributed by atoms with Gasteiger partial charge in [-0.05, 0) is 12.8 Å². The Kier molecular flexibility index (Phi) is 26.3. The standard InChI is InChI=1S/C23H21.C9H7.2C5H5.2ClH.2Fe.Si.Zr/c1-2-8-18(7-1)13-15-21-17-20-11-5-6-12-22(20)23(21)16-14-19-9-3-4-10-19;1-2-5-9-7-3-6-8(9)4-1;2*1-2-4-5-3-1;;;;;;/h1-12,17H,13-16H2;1-7H;2*1-5H;2*1H;;;;/q-3;3*-1;;;2*+2;;+2/p-2. The van der Waals surface area contributed by atoms with Crippen LogP contribution in [0.1, 0.15) is 22.3 Å². The second kappa shape index (κ2) is 27.6. The van der Waals surface area contributed by atoms with Crippen molar-refractivity contribution in [1.29, 1.82) is 0 Å². The van der Waals surface area contributed by atoms with Crippen LogP contribution in [0.3, 0.4) is 0 Å². The van der Waals surface area contributed by atoms with E-state index >= 15 is 0 Å². The molecule has 246 valence electrons. The molecular weight excluding hydrogens is 806 g/mol. The molecule has 0 N–H and O–H groups in total. The van der Waals surface area contributed by atoms with E-state index in [-0.39, 0.29) is 59.0 Å². The Morgan fingerprint density at radius 1 is 0.458 bits per heavy atom. The molecule has 0 saturated carbocycles. The third-order valence-electron chi connectivity index (χ3n) is 7.47. The summed E-state index contributed by atoms with van der Waals surface area (Å²) in [5.74, 6) is 0. The van der Waals surface area contributed by atoms with Gasteiger partial charge in [0.2, 0.25) is 0 Å². The predicted octanol–water partition coefficient (Wildman–Crippen LogP) is 4.56. The SMILES string of the molecule is [Cl-].[Cl-].[Fe+2].[Fe+2].[Si]=[Zr+2].c1c[cH-]c(CCc2[cH-]c3ccccc3c2CCc2ccc[cH-]2)c1.c1cc[cH-]c1.c1cc[cH-]c1.c1ccc2[cH-]ccc2c1. The molecule has 2 radical (unpaired) electrons. The monoisotopic (exact) mass is 842 g/mol. The summed E-state index contributed by atoms with van der Waals surface area (Å²) in [6.07, 6.45) is 4.53. The average Bonchev–Trinajstić information content (AvgIpc) is 3.94. The summed E-state index contributed by atoms with van der Waals surface area (Å²) in [4.78, 5) is 0. The Bertz CT molecular complexity index is 1710. The van der Waals surface area contributed by atoms with Crippen molar-refractivity contribution in [2.24, 2.45) is 0 Å². The van der Waals surface area contributed by atoms with Gasteiger partial charge in [-0.1, -0.05) is 25.0 Å². The first-order valence-electron chi connectivity index (χ1n) is 15.1. The number of benzene rings is 2. The van der Waals surface area contributed by atoms with Crippen molar-refractivity contribution < 1.29 is 82.3 Å². The van der Waals surface area contributed by atoms with Gasteiger partial charge in [-0.2, -0.15) is 89.3 Å². The summed E-state index contributed by atoms with van der Waals surface area (Å²) in [7, 11) is 0. The van der Waals surface area contributed by atoms with Crippen LogP contribution in [0.4, 0.5) is 0 Å². The van der Waals surface area contributed by atoms with Crippen LogP contribution in [-0.2, 0) is 83.2 Å². The Labute approximate surface area is 337 Å².